The molecule has 0 rings (SSSR count). The van der Waals surface area contributed by atoms with Gasteiger partial charge in [-0.1, -0.05) is 12.8 Å². The highest BCUT2D eigenvalue weighted by Crippen LogP contribution is 2.04. The minimum absolute atomic E-state index is 0.0287. The van der Waals surface area contributed by atoms with Crippen LogP contribution >= 0.6 is 0 Å². The molecule has 0 aliphatic carbocycles. The maximum absolute atomic E-state index is 11.6. The standard InChI is InChI=1S/C13H24N2O5/c1-20-12(17)8-7-10(13(18)19)15-11(16)6-4-2-3-5-9-14/h10H,2-9,14H2,1H3,(H,15,16)(H,18,19). The number of amides is 1. The third-order valence-corrected chi connectivity index (χ3v) is 2.86. The van der Waals surface area contributed by atoms with E-state index in [1.54, 1.807) is 0 Å². The summed E-state index contributed by atoms with van der Waals surface area (Å²) in [4.78, 5) is 33.5. The fourth-order valence-corrected chi connectivity index (χ4v) is 1.67. The summed E-state index contributed by atoms with van der Waals surface area (Å²) < 4.78 is 4.43. The van der Waals surface area contributed by atoms with Crippen molar-refractivity contribution in [2.75, 3.05) is 13.7 Å². The van der Waals surface area contributed by atoms with Crippen LogP contribution in [0.5, 0.6) is 0 Å². The lowest BCUT2D eigenvalue weighted by Gasteiger charge is -2.13. The van der Waals surface area contributed by atoms with E-state index in [1.807, 2.05) is 0 Å². The molecule has 0 aromatic heterocycles. The van der Waals surface area contributed by atoms with Gasteiger partial charge in [-0.15, -0.1) is 0 Å². The Labute approximate surface area is 118 Å². The van der Waals surface area contributed by atoms with Gasteiger partial charge in [0, 0.05) is 12.8 Å². The SMILES string of the molecule is COC(=O)CCC(NC(=O)CCCCCCN)C(=O)O. The van der Waals surface area contributed by atoms with Crippen molar-refractivity contribution < 1.29 is 24.2 Å². The molecule has 1 amide bonds. The van der Waals surface area contributed by atoms with E-state index < -0.39 is 18.0 Å². The number of nitrogens with two attached hydrogens (primary N) is 1. The van der Waals surface area contributed by atoms with Crippen molar-refractivity contribution in [1.82, 2.24) is 5.32 Å². The number of carboxylic acids is 1. The first-order valence-corrected chi connectivity index (χ1v) is 6.80. The van der Waals surface area contributed by atoms with E-state index in [0.717, 1.165) is 19.3 Å². The normalized spacial score (nSPS) is 11.7. The van der Waals surface area contributed by atoms with E-state index in [1.165, 1.54) is 7.11 Å². The number of unbranched alkanes of at least 4 members (excludes halogenated alkanes) is 3. The number of carbonyl (C=O) groups excluding carboxylic acids is 2. The molecule has 0 spiro atoms. The Balaban J connectivity index is 3.96. The topological polar surface area (TPSA) is 119 Å². The number of nitrogens with one attached hydrogen (secondary N) is 1. The van der Waals surface area contributed by atoms with Crippen LogP contribution in [0.1, 0.15) is 44.9 Å². The summed E-state index contributed by atoms with van der Waals surface area (Å²) in [5.74, 6) is -1.95. The van der Waals surface area contributed by atoms with Gasteiger partial charge in [0.1, 0.15) is 6.04 Å². The number of methoxy groups -OCH3 is 1. The molecule has 1 unspecified atom stereocenters. The van der Waals surface area contributed by atoms with Crippen molar-refractivity contribution in [2.24, 2.45) is 5.73 Å². The van der Waals surface area contributed by atoms with Gasteiger partial charge in [-0.3, -0.25) is 9.59 Å². The molecule has 0 fully saturated rings. The number of ether oxygens (including phenoxy) is 1. The van der Waals surface area contributed by atoms with Crippen LogP contribution in [0, 0.1) is 0 Å². The first-order chi connectivity index (χ1) is 9.51. The molecule has 0 heterocycles. The fraction of sp³-hybridized carbons (Fsp3) is 0.769. The fourth-order valence-electron chi connectivity index (χ4n) is 1.67. The Morgan fingerprint density at radius 3 is 2.35 bits per heavy atom. The Morgan fingerprint density at radius 1 is 1.15 bits per heavy atom. The molecule has 0 aromatic carbocycles. The summed E-state index contributed by atoms with van der Waals surface area (Å²) in [5.41, 5.74) is 5.36. The molecule has 0 aliphatic heterocycles. The van der Waals surface area contributed by atoms with E-state index in [-0.39, 0.29) is 25.2 Å². The van der Waals surface area contributed by atoms with E-state index in [0.29, 0.717) is 13.0 Å². The highest BCUT2D eigenvalue weighted by Gasteiger charge is 2.20. The molecule has 20 heavy (non-hydrogen) atoms. The number of hydrogen-bond acceptors (Lipinski definition) is 5. The monoisotopic (exact) mass is 288 g/mol. The van der Waals surface area contributed by atoms with Crippen molar-refractivity contribution in [3.8, 4) is 0 Å². The molecule has 7 nitrogen and oxygen atoms in total. The zero-order chi connectivity index (χ0) is 15.4. The third-order valence-electron chi connectivity index (χ3n) is 2.86. The smallest absolute Gasteiger partial charge is 0.326 e. The molecular formula is C13H24N2O5. The molecule has 0 saturated heterocycles. The highest BCUT2D eigenvalue weighted by atomic mass is 16.5. The number of hydrogen-bond donors (Lipinski definition) is 3. The van der Waals surface area contributed by atoms with Gasteiger partial charge in [-0.05, 0) is 25.8 Å². The van der Waals surface area contributed by atoms with Gasteiger partial charge in [-0.2, -0.15) is 0 Å². The molecule has 116 valence electrons. The maximum Gasteiger partial charge on any atom is 0.326 e. The van der Waals surface area contributed by atoms with E-state index in [4.69, 9.17) is 10.8 Å². The van der Waals surface area contributed by atoms with Gasteiger partial charge in [0.2, 0.25) is 5.91 Å². The van der Waals surface area contributed by atoms with Crippen molar-refractivity contribution in [3.05, 3.63) is 0 Å². The Kier molecular flexibility index (Phi) is 10.3. The Hall–Kier alpha value is -1.63. The molecule has 0 radical (unpaired) electrons. The van der Waals surface area contributed by atoms with E-state index in [2.05, 4.69) is 10.1 Å². The zero-order valence-corrected chi connectivity index (χ0v) is 11.9. The van der Waals surface area contributed by atoms with Gasteiger partial charge >= 0.3 is 11.9 Å². The largest absolute Gasteiger partial charge is 0.480 e. The average molecular weight is 288 g/mol. The second kappa shape index (κ2) is 11.2. The molecule has 0 bridgehead atoms. The van der Waals surface area contributed by atoms with Crippen molar-refractivity contribution >= 4 is 17.8 Å². The van der Waals surface area contributed by atoms with E-state index in [9.17, 15) is 14.4 Å². The van der Waals surface area contributed by atoms with Crippen LogP contribution in [0.15, 0.2) is 0 Å². The van der Waals surface area contributed by atoms with Crippen LogP contribution in [-0.4, -0.2) is 42.6 Å². The van der Waals surface area contributed by atoms with Gasteiger partial charge < -0.3 is 20.9 Å². The first-order valence-electron chi connectivity index (χ1n) is 6.80. The second-order valence-corrected chi connectivity index (χ2v) is 4.53. The number of esters is 1. The van der Waals surface area contributed by atoms with Gasteiger partial charge in [0.05, 0.1) is 7.11 Å². The number of carbonyl (C=O) groups is 3. The van der Waals surface area contributed by atoms with Crippen molar-refractivity contribution in [1.29, 1.82) is 0 Å². The van der Waals surface area contributed by atoms with Gasteiger partial charge in [0.15, 0.2) is 0 Å². The van der Waals surface area contributed by atoms with Gasteiger partial charge in [-0.25, -0.2) is 4.79 Å². The summed E-state index contributed by atoms with van der Waals surface area (Å²) in [6.07, 6.45) is 3.77. The molecule has 0 saturated carbocycles. The van der Waals surface area contributed by atoms with Crippen LogP contribution in [0.3, 0.4) is 0 Å². The number of rotatable bonds is 11. The molecule has 0 aliphatic rings. The molecule has 7 heteroatoms. The summed E-state index contributed by atoms with van der Waals surface area (Å²) in [6, 6.07) is -1.05. The second-order valence-electron chi connectivity index (χ2n) is 4.53. The quantitative estimate of drug-likeness (QED) is 0.374. The van der Waals surface area contributed by atoms with Crippen LogP contribution in [0.4, 0.5) is 0 Å². The Morgan fingerprint density at radius 2 is 1.80 bits per heavy atom. The summed E-state index contributed by atoms with van der Waals surface area (Å²) in [7, 11) is 1.23. The minimum Gasteiger partial charge on any atom is -0.480 e. The average Bonchev–Trinajstić information content (AvgIpc) is 2.42. The summed E-state index contributed by atoms with van der Waals surface area (Å²) in [6.45, 7) is 0.640. The van der Waals surface area contributed by atoms with Crippen LogP contribution in [0.25, 0.3) is 0 Å². The molecule has 0 aromatic rings. The van der Waals surface area contributed by atoms with Crippen LogP contribution < -0.4 is 11.1 Å². The molecule has 1 atom stereocenters. The zero-order valence-electron chi connectivity index (χ0n) is 11.9. The first kappa shape index (κ1) is 18.4. The molecule has 4 N–H and O–H groups in total. The predicted molar refractivity (Wildman–Crippen MR) is 73.0 cm³/mol. The summed E-state index contributed by atoms with van der Waals surface area (Å²) in [5, 5.41) is 11.4. The predicted octanol–water partition coefficient (Wildman–Crippen LogP) is 0.418. The van der Waals surface area contributed by atoms with Crippen LogP contribution in [-0.2, 0) is 19.1 Å². The van der Waals surface area contributed by atoms with Crippen molar-refractivity contribution in [3.63, 3.8) is 0 Å². The van der Waals surface area contributed by atoms with Gasteiger partial charge in [0.25, 0.3) is 0 Å². The maximum atomic E-state index is 11.6. The number of carboxylic acid groups (broad SMARTS) is 1. The third kappa shape index (κ3) is 9.32. The van der Waals surface area contributed by atoms with Crippen LogP contribution in [0.2, 0.25) is 0 Å². The lowest BCUT2D eigenvalue weighted by molar-refractivity contribution is -0.144. The van der Waals surface area contributed by atoms with E-state index >= 15 is 0 Å². The van der Waals surface area contributed by atoms with Crippen molar-refractivity contribution in [2.45, 2.75) is 51.0 Å². The number of aliphatic carboxylic acids is 1. The highest BCUT2D eigenvalue weighted by molar-refractivity contribution is 5.83. The molecular weight excluding hydrogens is 264 g/mol. The minimum atomic E-state index is -1.15. The summed E-state index contributed by atoms with van der Waals surface area (Å²) >= 11 is 0. The Bertz CT molecular complexity index is 320. The lowest BCUT2D eigenvalue weighted by atomic mass is 10.1. The lowest BCUT2D eigenvalue weighted by Crippen LogP contribution is -2.41.